The minimum atomic E-state index is -0.106. The Bertz CT molecular complexity index is 436. The lowest BCUT2D eigenvalue weighted by molar-refractivity contribution is -0.221. The van der Waals surface area contributed by atoms with Crippen LogP contribution in [0.25, 0.3) is 0 Å². The van der Waals surface area contributed by atoms with E-state index < -0.39 is 0 Å². The van der Waals surface area contributed by atoms with E-state index in [1.807, 2.05) is 18.2 Å². The zero-order chi connectivity index (χ0) is 10.3. The zero-order valence-corrected chi connectivity index (χ0v) is 8.27. The monoisotopic (exact) mass is 201 g/mol. The third-order valence-electron chi connectivity index (χ3n) is 3.01. The van der Waals surface area contributed by atoms with E-state index in [4.69, 9.17) is 14.7 Å². The van der Waals surface area contributed by atoms with Crippen molar-refractivity contribution in [2.75, 3.05) is 6.61 Å². The lowest BCUT2D eigenvalue weighted by atomic mass is 9.92. The van der Waals surface area contributed by atoms with E-state index in [0.29, 0.717) is 5.56 Å². The van der Waals surface area contributed by atoms with Crippen molar-refractivity contribution in [3.05, 3.63) is 34.9 Å². The largest absolute Gasteiger partial charge is 0.352 e. The van der Waals surface area contributed by atoms with Gasteiger partial charge in [0.05, 0.1) is 24.3 Å². The van der Waals surface area contributed by atoms with E-state index >= 15 is 0 Å². The molecule has 2 aliphatic rings. The number of fused-ring (bicyclic) bond motifs is 4. The number of nitriles is 1. The maximum Gasteiger partial charge on any atom is 0.162 e. The molecule has 3 rings (SSSR count). The summed E-state index contributed by atoms with van der Waals surface area (Å²) < 4.78 is 11.2. The molecule has 1 aromatic rings. The predicted octanol–water partition coefficient (Wildman–Crippen LogP) is 1.92. The van der Waals surface area contributed by atoms with Crippen molar-refractivity contribution in [1.82, 2.24) is 0 Å². The smallest absolute Gasteiger partial charge is 0.162 e. The highest BCUT2D eigenvalue weighted by atomic mass is 16.7. The molecule has 1 aromatic carbocycles. The molecule has 2 atom stereocenters. The van der Waals surface area contributed by atoms with E-state index in [-0.39, 0.29) is 12.4 Å². The molecule has 3 nitrogen and oxygen atoms in total. The number of ether oxygens (including phenoxy) is 2. The SMILES string of the molecule is N#Cc1ccc2c(c1)C[C@H]1OCC[C@@H]2O1. The van der Waals surface area contributed by atoms with E-state index in [9.17, 15) is 0 Å². The summed E-state index contributed by atoms with van der Waals surface area (Å²) in [6, 6.07) is 7.99. The van der Waals surface area contributed by atoms with E-state index in [1.165, 1.54) is 11.1 Å². The molecule has 0 spiro atoms. The first-order chi connectivity index (χ1) is 7.36. The Hall–Kier alpha value is -1.37. The van der Waals surface area contributed by atoms with Gasteiger partial charge in [-0.2, -0.15) is 5.26 Å². The van der Waals surface area contributed by atoms with E-state index in [2.05, 4.69) is 6.07 Å². The molecule has 0 radical (unpaired) electrons. The van der Waals surface area contributed by atoms with Crippen molar-refractivity contribution >= 4 is 0 Å². The summed E-state index contributed by atoms with van der Waals surface area (Å²) in [6.07, 6.45) is 1.74. The highest BCUT2D eigenvalue weighted by Crippen LogP contribution is 2.36. The summed E-state index contributed by atoms with van der Waals surface area (Å²) in [4.78, 5) is 0. The quantitative estimate of drug-likeness (QED) is 0.644. The Kier molecular flexibility index (Phi) is 1.98. The van der Waals surface area contributed by atoms with Crippen LogP contribution in [0.1, 0.15) is 29.2 Å². The lowest BCUT2D eigenvalue weighted by Crippen LogP contribution is -2.34. The van der Waals surface area contributed by atoms with Gasteiger partial charge in [0.25, 0.3) is 0 Å². The van der Waals surface area contributed by atoms with Crippen molar-refractivity contribution in [3.63, 3.8) is 0 Å². The first-order valence-corrected chi connectivity index (χ1v) is 5.17. The fourth-order valence-electron chi connectivity index (χ4n) is 2.28. The highest BCUT2D eigenvalue weighted by molar-refractivity contribution is 5.40. The maximum absolute atomic E-state index is 8.83. The van der Waals surface area contributed by atoms with Gasteiger partial charge in [-0.15, -0.1) is 0 Å². The van der Waals surface area contributed by atoms with Gasteiger partial charge in [0, 0.05) is 12.8 Å². The van der Waals surface area contributed by atoms with Crippen molar-refractivity contribution < 1.29 is 9.47 Å². The number of nitrogens with zero attached hydrogens (tertiary/aromatic N) is 1. The molecule has 2 heterocycles. The molecule has 15 heavy (non-hydrogen) atoms. The van der Waals surface area contributed by atoms with Crippen molar-refractivity contribution in [1.29, 1.82) is 5.26 Å². The van der Waals surface area contributed by atoms with Gasteiger partial charge in [0.1, 0.15) is 0 Å². The molecule has 0 aromatic heterocycles. The van der Waals surface area contributed by atoms with Crippen LogP contribution >= 0.6 is 0 Å². The normalized spacial score (nSPS) is 27.9. The van der Waals surface area contributed by atoms with Gasteiger partial charge < -0.3 is 9.47 Å². The maximum atomic E-state index is 8.83. The van der Waals surface area contributed by atoms with Crippen LogP contribution in [0.3, 0.4) is 0 Å². The second-order valence-electron chi connectivity index (χ2n) is 3.94. The third kappa shape index (κ3) is 1.43. The summed E-state index contributed by atoms with van der Waals surface area (Å²) in [5.74, 6) is 0. The van der Waals surface area contributed by atoms with Crippen LogP contribution < -0.4 is 0 Å². The molecule has 3 heteroatoms. The minimum Gasteiger partial charge on any atom is -0.352 e. The number of hydrogen-bond donors (Lipinski definition) is 0. The minimum absolute atomic E-state index is 0.106. The summed E-state index contributed by atoms with van der Waals surface area (Å²) in [5.41, 5.74) is 3.15. The number of benzene rings is 1. The molecule has 76 valence electrons. The van der Waals surface area contributed by atoms with Gasteiger partial charge in [-0.1, -0.05) is 6.07 Å². The van der Waals surface area contributed by atoms with Gasteiger partial charge >= 0.3 is 0 Å². The second kappa shape index (κ2) is 3.34. The molecule has 0 unspecified atom stereocenters. The summed E-state index contributed by atoms with van der Waals surface area (Å²) >= 11 is 0. The Morgan fingerprint density at radius 3 is 3.20 bits per heavy atom. The Morgan fingerprint density at radius 2 is 2.33 bits per heavy atom. The van der Waals surface area contributed by atoms with Crippen LogP contribution in [-0.4, -0.2) is 12.9 Å². The molecule has 0 N–H and O–H groups in total. The lowest BCUT2D eigenvalue weighted by Gasteiger charge is -2.36. The van der Waals surface area contributed by atoms with Crippen molar-refractivity contribution in [3.8, 4) is 6.07 Å². The topological polar surface area (TPSA) is 42.2 Å². The number of hydrogen-bond acceptors (Lipinski definition) is 3. The molecule has 0 aliphatic carbocycles. The van der Waals surface area contributed by atoms with Gasteiger partial charge in [0.2, 0.25) is 0 Å². The Balaban J connectivity index is 2.06. The Labute approximate surface area is 88.2 Å². The average Bonchev–Trinajstić information content (AvgIpc) is 2.28. The first-order valence-electron chi connectivity index (χ1n) is 5.17. The van der Waals surface area contributed by atoms with Crippen LogP contribution in [0.2, 0.25) is 0 Å². The predicted molar refractivity (Wildman–Crippen MR) is 53.0 cm³/mol. The molecule has 0 saturated carbocycles. The fraction of sp³-hybridized carbons (Fsp3) is 0.417. The molecule has 2 bridgehead atoms. The molecule has 2 aliphatic heterocycles. The third-order valence-corrected chi connectivity index (χ3v) is 3.01. The molecule has 0 amide bonds. The fourth-order valence-corrected chi connectivity index (χ4v) is 2.28. The van der Waals surface area contributed by atoms with Crippen LogP contribution in [0.15, 0.2) is 18.2 Å². The Morgan fingerprint density at radius 1 is 1.40 bits per heavy atom. The van der Waals surface area contributed by atoms with Crippen LogP contribution in [0.4, 0.5) is 0 Å². The first kappa shape index (κ1) is 8.90. The summed E-state index contributed by atoms with van der Waals surface area (Å²) in [7, 11) is 0. The van der Waals surface area contributed by atoms with Gasteiger partial charge in [-0.3, -0.25) is 0 Å². The summed E-state index contributed by atoms with van der Waals surface area (Å²) in [6.45, 7) is 0.773. The average molecular weight is 201 g/mol. The molecule has 1 fully saturated rings. The summed E-state index contributed by atoms with van der Waals surface area (Å²) in [5, 5.41) is 8.83. The second-order valence-corrected chi connectivity index (χ2v) is 3.94. The van der Waals surface area contributed by atoms with Crippen LogP contribution in [-0.2, 0) is 15.9 Å². The molecular formula is C12H11NO2. The van der Waals surface area contributed by atoms with E-state index in [0.717, 1.165) is 19.4 Å². The van der Waals surface area contributed by atoms with Gasteiger partial charge in [-0.25, -0.2) is 0 Å². The van der Waals surface area contributed by atoms with Crippen molar-refractivity contribution in [2.45, 2.75) is 25.2 Å². The standard InChI is InChI=1S/C12H11NO2/c13-7-8-1-2-10-9(5-8)6-12-14-4-3-11(10)15-12/h1-2,5,11-12H,3-4,6H2/t11-,12-/m0/s1. The van der Waals surface area contributed by atoms with Crippen molar-refractivity contribution in [2.24, 2.45) is 0 Å². The highest BCUT2D eigenvalue weighted by Gasteiger charge is 2.31. The van der Waals surface area contributed by atoms with E-state index in [1.54, 1.807) is 0 Å². The van der Waals surface area contributed by atoms with Crippen LogP contribution in [0, 0.1) is 11.3 Å². The molecular weight excluding hydrogens is 190 g/mol. The zero-order valence-electron chi connectivity index (χ0n) is 8.27. The number of rotatable bonds is 0. The molecule has 1 saturated heterocycles. The van der Waals surface area contributed by atoms with Gasteiger partial charge in [0.15, 0.2) is 6.29 Å². The van der Waals surface area contributed by atoms with Gasteiger partial charge in [-0.05, 0) is 23.3 Å². The van der Waals surface area contributed by atoms with Crippen LogP contribution in [0.5, 0.6) is 0 Å².